The molecule has 1 aromatic carbocycles. The van der Waals surface area contributed by atoms with Crippen molar-refractivity contribution in [2.45, 2.75) is 51.5 Å². The van der Waals surface area contributed by atoms with Crippen molar-refractivity contribution < 1.29 is 9.84 Å². The van der Waals surface area contributed by atoms with Gasteiger partial charge < -0.3 is 15.2 Å². The zero-order chi connectivity index (χ0) is 13.0. The van der Waals surface area contributed by atoms with Gasteiger partial charge in [0.1, 0.15) is 0 Å². The average Bonchev–Trinajstić information content (AvgIpc) is 2.69. The standard InChI is InChI=1S/C15H23NO2/c1-15(2)7-6-14(18-15)10-16-9-12-4-3-5-13(8-12)11-17/h3-5,8,14,16-17H,6-7,9-11H2,1-2H3. The van der Waals surface area contributed by atoms with Crippen molar-refractivity contribution in [1.29, 1.82) is 0 Å². The van der Waals surface area contributed by atoms with Crippen molar-refractivity contribution in [1.82, 2.24) is 5.32 Å². The maximum absolute atomic E-state index is 9.08. The summed E-state index contributed by atoms with van der Waals surface area (Å²) in [4.78, 5) is 0. The molecule has 3 nitrogen and oxygen atoms in total. The van der Waals surface area contributed by atoms with E-state index in [-0.39, 0.29) is 12.2 Å². The van der Waals surface area contributed by atoms with Crippen LogP contribution in [0, 0.1) is 0 Å². The van der Waals surface area contributed by atoms with E-state index in [1.165, 1.54) is 5.56 Å². The Labute approximate surface area is 109 Å². The van der Waals surface area contributed by atoms with E-state index in [9.17, 15) is 0 Å². The summed E-state index contributed by atoms with van der Waals surface area (Å²) in [7, 11) is 0. The highest BCUT2D eigenvalue weighted by Crippen LogP contribution is 2.28. The molecule has 0 saturated carbocycles. The van der Waals surface area contributed by atoms with Gasteiger partial charge in [-0.3, -0.25) is 0 Å². The third-order valence-corrected chi connectivity index (χ3v) is 3.43. The predicted molar refractivity (Wildman–Crippen MR) is 72.3 cm³/mol. The Balaban J connectivity index is 1.75. The van der Waals surface area contributed by atoms with Crippen LogP contribution in [0.25, 0.3) is 0 Å². The number of hydrogen-bond acceptors (Lipinski definition) is 3. The topological polar surface area (TPSA) is 41.5 Å². The molecule has 1 fully saturated rings. The van der Waals surface area contributed by atoms with Crippen LogP contribution in [0.2, 0.25) is 0 Å². The van der Waals surface area contributed by atoms with Gasteiger partial charge in [0.2, 0.25) is 0 Å². The van der Waals surface area contributed by atoms with Crippen LogP contribution in [0.15, 0.2) is 24.3 Å². The first-order chi connectivity index (χ1) is 8.59. The monoisotopic (exact) mass is 249 g/mol. The largest absolute Gasteiger partial charge is 0.392 e. The average molecular weight is 249 g/mol. The highest BCUT2D eigenvalue weighted by atomic mass is 16.5. The van der Waals surface area contributed by atoms with Crippen LogP contribution < -0.4 is 5.32 Å². The molecule has 3 heteroatoms. The molecule has 1 unspecified atom stereocenters. The number of hydrogen-bond donors (Lipinski definition) is 2. The van der Waals surface area contributed by atoms with Crippen molar-refractivity contribution in [3.05, 3.63) is 35.4 Å². The molecule has 0 aliphatic carbocycles. The van der Waals surface area contributed by atoms with Crippen molar-refractivity contribution in [2.24, 2.45) is 0 Å². The van der Waals surface area contributed by atoms with Gasteiger partial charge in [-0.05, 0) is 37.8 Å². The predicted octanol–water partition coefficient (Wildman–Crippen LogP) is 2.23. The first-order valence-corrected chi connectivity index (χ1v) is 6.66. The van der Waals surface area contributed by atoms with Gasteiger partial charge in [0, 0.05) is 13.1 Å². The molecule has 100 valence electrons. The summed E-state index contributed by atoms with van der Waals surface area (Å²) in [5.41, 5.74) is 2.22. The molecule has 18 heavy (non-hydrogen) atoms. The number of nitrogens with one attached hydrogen (secondary N) is 1. The number of ether oxygens (including phenoxy) is 1. The molecule has 1 aromatic rings. The van der Waals surface area contributed by atoms with Crippen LogP contribution in [-0.4, -0.2) is 23.4 Å². The molecule has 1 saturated heterocycles. The molecule has 1 heterocycles. The van der Waals surface area contributed by atoms with Crippen LogP contribution in [-0.2, 0) is 17.9 Å². The molecule has 2 rings (SSSR count). The van der Waals surface area contributed by atoms with E-state index in [0.29, 0.717) is 6.10 Å². The second-order valence-electron chi connectivity index (χ2n) is 5.65. The SMILES string of the molecule is CC1(C)CCC(CNCc2cccc(CO)c2)O1. The van der Waals surface area contributed by atoms with E-state index in [0.717, 1.165) is 31.5 Å². The summed E-state index contributed by atoms with van der Waals surface area (Å²) in [5.74, 6) is 0. The lowest BCUT2D eigenvalue weighted by Gasteiger charge is -2.19. The van der Waals surface area contributed by atoms with Crippen LogP contribution in [0.1, 0.15) is 37.8 Å². The van der Waals surface area contributed by atoms with Crippen molar-refractivity contribution >= 4 is 0 Å². The Morgan fingerprint density at radius 3 is 2.83 bits per heavy atom. The quantitative estimate of drug-likeness (QED) is 0.841. The fourth-order valence-electron chi connectivity index (χ4n) is 2.44. The fourth-order valence-corrected chi connectivity index (χ4v) is 2.44. The van der Waals surface area contributed by atoms with Gasteiger partial charge in [0.05, 0.1) is 18.3 Å². The number of aliphatic hydroxyl groups excluding tert-OH is 1. The van der Waals surface area contributed by atoms with E-state index in [4.69, 9.17) is 9.84 Å². The maximum Gasteiger partial charge on any atom is 0.0707 e. The molecule has 0 spiro atoms. The highest BCUT2D eigenvalue weighted by Gasteiger charge is 2.30. The minimum absolute atomic E-state index is 0.0448. The number of rotatable bonds is 5. The normalized spacial score (nSPS) is 22.3. The third-order valence-electron chi connectivity index (χ3n) is 3.43. The minimum Gasteiger partial charge on any atom is -0.392 e. The summed E-state index contributed by atoms with van der Waals surface area (Å²) < 4.78 is 5.93. The van der Waals surface area contributed by atoms with Crippen molar-refractivity contribution in [2.75, 3.05) is 6.54 Å². The van der Waals surface area contributed by atoms with Crippen LogP contribution in [0.4, 0.5) is 0 Å². The second kappa shape index (κ2) is 5.83. The summed E-state index contributed by atoms with van der Waals surface area (Å²) in [5, 5.41) is 12.5. The van der Waals surface area contributed by atoms with Gasteiger partial charge >= 0.3 is 0 Å². The van der Waals surface area contributed by atoms with E-state index < -0.39 is 0 Å². The lowest BCUT2D eigenvalue weighted by molar-refractivity contribution is -0.0142. The number of aliphatic hydroxyl groups is 1. The van der Waals surface area contributed by atoms with E-state index in [2.05, 4.69) is 25.2 Å². The lowest BCUT2D eigenvalue weighted by atomic mass is 10.1. The Hall–Kier alpha value is -0.900. The van der Waals surface area contributed by atoms with Crippen LogP contribution in [0.3, 0.4) is 0 Å². The molecule has 0 radical (unpaired) electrons. The molecule has 1 atom stereocenters. The minimum atomic E-state index is 0.0448. The zero-order valence-electron chi connectivity index (χ0n) is 11.3. The first-order valence-electron chi connectivity index (χ1n) is 6.66. The number of benzene rings is 1. The first kappa shape index (κ1) is 13.5. The van der Waals surface area contributed by atoms with Gasteiger partial charge in [-0.2, -0.15) is 0 Å². The van der Waals surface area contributed by atoms with E-state index in [1.807, 2.05) is 18.2 Å². The van der Waals surface area contributed by atoms with Crippen LogP contribution in [0.5, 0.6) is 0 Å². The van der Waals surface area contributed by atoms with Crippen molar-refractivity contribution in [3.63, 3.8) is 0 Å². The van der Waals surface area contributed by atoms with Gasteiger partial charge in [0.15, 0.2) is 0 Å². The molecule has 1 aliphatic heterocycles. The van der Waals surface area contributed by atoms with Gasteiger partial charge in [-0.1, -0.05) is 24.3 Å². The molecule has 0 bridgehead atoms. The molecular formula is C15H23NO2. The summed E-state index contributed by atoms with van der Waals surface area (Å²) in [6.45, 7) is 6.13. The zero-order valence-corrected chi connectivity index (χ0v) is 11.3. The maximum atomic E-state index is 9.08. The lowest BCUT2D eigenvalue weighted by Crippen LogP contribution is -2.29. The van der Waals surface area contributed by atoms with Gasteiger partial charge in [-0.25, -0.2) is 0 Å². The Morgan fingerprint density at radius 2 is 2.17 bits per heavy atom. The van der Waals surface area contributed by atoms with E-state index in [1.54, 1.807) is 0 Å². The van der Waals surface area contributed by atoms with E-state index >= 15 is 0 Å². The summed E-state index contributed by atoms with van der Waals surface area (Å²) >= 11 is 0. The second-order valence-corrected chi connectivity index (χ2v) is 5.65. The molecule has 0 aromatic heterocycles. The molecule has 2 N–H and O–H groups in total. The fraction of sp³-hybridized carbons (Fsp3) is 0.600. The smallest absolute Gasteiger partial charge is 0.0707 e. The summed E-state index contributed by atoms with van der Waals surface area (Å²) in [6.07, 6.45) is 2.61. The molecular weight excluding hydrogens is 226 g/mol. The summed E-state index contributed by atoms with van der Waals surface area (Å²) in [6, 6.07) is 8.03. The van der Waals surface area contributed by atoms with Gasteiger partial charge in [0.25, 0.3) is 0 Å². The Bertz CT molecular complexity index is 390. The highest BCUT2D eigenvalue weighted by molar-refractivity contribution is 5.22. The van der Waals surface area contributed by atoms with Crippen molar-refractivity contribution in [3.8, 4) is 0 Å². The van der Waals surface area contributed by atoms with Crippen LogP contribution >= 0.6 is 0 Å². The molecule has 0 amide bonds. The third kappa shape index (κ3) is 3.80. The molecule has 1 aliphatic rings. The van der Waals surface area contributed by atoms with Gasteiger partial charge in [-0.15, -0.1) is 0 Å². The Morgan fingerprint density at radius 1 is 1.39 bits per heavy atom. The Kier molecular flexibility index (Phi) is 4.38.